The molecule has 1 aliphatic heterocycles. The van der Waals surface area contributed by atoms with E-state index in [9.17, 15) is 17.6 Å². The molecule has 0 aliphatic carbocycles. The van der Waals surface area contributed by atoms with Crippen LogP contribution in [-0.2, 0) is 10.0 Å². The first kappa shape index (κ1) is 16.4. The fourth-order valence-corrected chi connectivity index (χ4v) is 3.80. The standard InChI is InChI=1S/C17H17FN2O3S/c18-15-5-1-2-6-16(15)24(22,23)19-14-9-7-13(8-10-14)17(21)20-11-3-4-12-20/h1-2,5-10,19H,3-4,11-12H2. The summed E-state index contributed by atoms with van der Waals surface area (Å²) in [6.07, 6.45) is 2.01. The van der Waals surface area contributed by atoms with Gasteiger partial charge in [-0.15, -0.1) is 0 Å². The van der Waals surface area contributed by atoms with Crippen molar-refractivity contribution in [3.8, 4) is 0 Å². The quantitative estimate of drug-likeness (QED) is 0.924. The third-order valence-corrected chi connectivity index (χ3v) is 5.32. The second kappa shape index (κ2) is 6.60. The van der Waals surface area contributed by atoms with E-state index in [1.807, 2.05) is 0 Å². The van der Waals surface area contributed by atoms with E-state index in [0.29, 0.717) is 5.56 Å². The molecule has 0 unspecified atom stereocenters. The molecule has 0 spiro atoms. The Morgan fingerprint density at radius 2 is 1.62 bits per heavy atom. The minimum atomic E-state index is -4.01. The van der Waals surface area contributed by atoms with E-state index in [1.165, 1.54) is 30.3 Å². The number of anilines is 1. The van der Waals surface area contributed by atoms with E-state index in [-0.39, 0.29) is 11.6 Å². The molecule has 5 nitrogen and oxygen atoms in total. The Kier molecular flexibility index (Phi) is 4.53. The van der Waals surface area contributed by atoms with Crippen LogP contribution in [0.25, 0.3) is 0 Å². The number of nitrogens with zero attached hydrogens (tertiary/aromatic N) is 1. The number of amides is 1. The lowest BCUT2D eigenvalue weighted by molar-refractivity contribution is 0.0793. The molecule has 1 N–H and O–H groups in total. The summed E-state index contributed by atoms with van der Waals surface area (Å²) in [6, 6.07) is 11.3. The molecule has 1 fully saturated rings. The molecule has 0 aromatic heterocycles. The fourth-order valence-electron chi connectivity index (χ4n) is 2.66. The molecular weight excluding hydrogens is 331 g/mol. The average molecular weight is 348 g/mol. The molecule has 2 aromatic carbocycles. The number of hydrogen-bond donors (Lipinski definition) is 1. The summed E-state index contributed by atoms with van der Waals surface area (Å²) in [7, 11) is -4.01. The summed E-state index contributed by atoms with van der Waals surface area (Å²) in [5.74, 6) is -0.873. The molecule has 1 aliphatic rings. The van der Waals surface area contributed by atoms with Crippen LogP contribution in [0.4, 0.5) is 10.1 Å². The summed E-state index contributed by atoms with van der Waals surface area (Å²) >= 11 is 0. The highest BCUT2D eigenvalue weighted by Crippen LogP contribution is 2.20. The van der Waals surface area contributed by atoms with E-state index < -0.39 is 20.7 Å². The SMILES string of the molecule is O=C(c1ccc(NS(=O)(=O)c2ccccc2F)cc1)N1CCCC1. The van der Waals surface area contributed by atoms with Gasteiger partial charge >= 0.3 is 0 Å². The van der Waals surface area contributed by atoms with E-state index in [1.54, 1.807) is 17.0 Å². The summed E-state index contributed by atoms with van der Waals surface area (Å²) in [5, 5.41) is 0. The van der Waals surface area contributed by atoms with Gasteiger partial charge in [-0.3, -0.25) is 9.52 Å². The van der Waals surface area contributed by atoms with Crippen LogP contribution in [0.5, 0.6) is 0 Å². The van der Waals surface area contributed by atoms with Gasteiger partial charge in [-0.1, -0.05) is 12.1 Å². The fraction of sp³-hybridized carbons (Fsp3) is 0.235. The first-order chi connectivity index (χ1) is 11.5. The zero-order chi connectivity index (χ0) is 17.2. The zero-order valence-corrected chi connectivity index (χ0v) is 13.7. The second-order valence-electron chi connectivity index (χ2n) is 5.61. The number of carbonyl (C=O) groups is 1. The van der Waals surface area contributed by atoms with Gasteiger partial charge in [0.2, 0.25) is 0 Å². The van der Waals surface area contributed by atoms with E-state index in [2.05, 4.69) is 4.72 Å². The van der Waals surface area contributed by atoms with Crippen molar-refractivity contribution in [1.29, 1.82) is 0 Å². The van der Waals surface area contributed by atoms with Gasteiger partial charge in [-0.25, -0.2) is 12.8 Å². The largest absolute Gasteiger partial charge is 0.339 e. The van der Waals surface area contributed by atoms with Gasteiger partial charge in [0.1, 0.15) is 10.7 Å². The highest BCUT2D eigenvalue weighted by molar-refractivity contribution is 7.92. The molecule has 3 rings (SSSR count). The monoisotopic (exact) mass is 348 g/mol. The van der Waals surface area contributed by atoms with Crippen molar-refractivity contribution in [2.75, 3.05) is 17.8 Å². The Morgan fingerprint density at radius 3 is 2.25 bits per heavy atom. The van der Waals surface area contributed by atoms with Crippen molar-refractivity contribution in [2.24, 2.45) is 0 Å². The molecule has 126 valence electrons. The van der Waals surface area contributed by atoms with Gasteiger partial charge in [0.15, 0.2) is 0 Å². The number of carbonyl (C=O) groups excluding carboxylic acids is 1. The van der Waals surface area contributed by atoms with Gasteiger partial charge in [0.05, 0.1) is 0 Å². The summed E-state index contributed by atoms with van der Waals surface area (Å²) in [5.41, 5.74) is 0.780. The lowest BCUT2D eigenvalue weighted by Gasteiger charge is -2.15. The number of rotatable bonds is 4. The van der Waals surface area contributed by atoms with Crippen LogP contribution in [0.3, 0.4) is 0 Å². The highest BCUT2D eigenvalue weighted by atomic mass is 32.2. The molecular formula is C17H17FN2O3S. The number of benzene rings is 2. The molecule has 1 saturated heterocycles. The Morgan fingerprint density at radius 1 is 1.00 bits per heavy atom. The van der Waals surface area contributed by atoms with Crippen molar-refractivity contribution in [1.82, 2.24) is 4.90 Å². The molecule has 0 saturated carbocycles. The Labute approximate surface area is 140 Å². The number of sulfonamides is 1. The molecule has 0 atom stereocenters. The molecule has 7 heteroatoms. The molecule has 2 aromatic rings. The van der Waals surface area contributed by atoms with Crippen molar-refractivity contribution in [2.45, 2.75) is 17.7 Å². The van der Waals surface area contributed by atoms with Crippen LogP contribution in [-0.4, -0.2) is 32.3 Å². The van der Waals surface area contributed by atoms with E-state index in [0.717, 1.165) is 32.0 Å². The van der Waals surface area contributed by atoms with Gasteiger partial charge in [-0.2, -0.15) is 0 Å². The maximum Gasteiger partial charge on any atom is 0.264 e. The molecule has 1 heterocycles. The predicted octanol–water partition coefficient (Wildman–Crippen LogP) is 2.86. The molecule has 1 amide bonds. The van der Waals surface area contributed by atoms with E-state index >= 15 is 0 Å². The smallest absolute Gasteiger partial charge is 0.264 e. The maximum atomic E-state index is 13.7. The average Bonchev–Trinajstić information content (AvgIpc) is 3.09. The van der Waals surface area contributed by atoms with Gasteiger partial charge in [-0.05, 0) is 49.2 Å². The number of halogens is 1. The molecule has 24 heavy (non-hydrogen) atoms. The van der Waals surface area contributed by atoms with Crippen LogP contribution >= 0.6 is 0 Å². The minimum Gasteiger partial charge on any atom is -0.339 e. The Hall–Kier alpha value is -2.41. The Balaban J connectivity index is 1.76. The van der Waals surface area contributed by atoms with Crippen LogP contribution in [0.1, 0.15) is 23.2 Å². The normalized spacial score (nSPS) is 14.6. The minimum absolute atomic E-state index is 0.0592. The van der Waals surface area contributed by atoms with Crippen molar-refractivity contribution < 1.29 is 17.6 Å². The first-order valence-electron chi connectivity index (χ1n) is 7.64. The highest BCUT2D eigenvalue weighted by Gasteiger charge is 2.21. The number of likely N-dealkylation sites (tertiary alicyclic amines) is 1. The maximum absolute atomic E-state index is 13.7. The third kappa shape index (κ3) is 3.41. The summed E-state index contributed by atoms with van der Waals surface area (Å²) in [4.78, 5) is 13.6. The lowest BCUT2D eigenvalue weighted by atomic mass is 10.2. The van der Waals surface area contributed by atoms with Crippen molar-refractivity contribution >= 4 is 21.6 Å². The van der Waals surface area contributed by atoms with Gasteiger partial charge in [0, 0.05) is 24.3 Å². The Bertz CT molecular complexity index is 844. The van der Waals surface area contributed by atoms with Gasteiger partial charge in [0.25, 0.3) is 15.9 Å². The summed E-state index contributed by atoms with van der Waals surface area (Å²) in [6.45, 7) is 1.50. The van der Waals surface area contributed by atoms with Crippen molar-refractivity contribution in [3.63, 3.8) is 0 Å². The van der Waals surface area contributed by atoms with Crippen LogP contribution in [0, 0.1) is 5.82 Å². The topological polar surface area (TPSA) is 66.5 Å². The molecule has 0 radical (unpaired) electrons. The van der Waals surface area contributed by atoms with E-state index in [4.69, 9.17) is 0 Å². The number of hydrogen-bond acceptors (Lipinski definition) is 3. The van der Waals surface area contributed by atoms with Crippen LogP contribution in [0.2, 0.25) is 0 Å². The predicted molar refractivity (Wildman–Crippen MR) is 88.8 cm³/mol. The van der Waals surface area contributed by atoms with Gasteiger partial charge < -0.3 is 4.90 Å². The zero-order valence-electron chi connectivity index (χ0n) is 12.9. The summed E-state index contributed by atoms with van der Waals surface area (Å²) < 4.78 is 40.4. The second-order valence-corrected chi connectivity index (χ2v) is 7.26. The first-order valence-corrected chi connectivity index (χ1v) is 9.12. The third-order valence-electron chi connectivity index (χ3n) is 3.90. The van der Waals surface area contributed by atoms with Crippen molar-refractivity contribution in [3.05, 3.63) is 59.9 Å². The number of nitrogens with one attached hydrogen (secondary N) is 1. The molecule has 0 bridgehead atoms. The van der Waals surface area contributed by atoms with Crippen LogP contribution in [0.15, 0.2) is 53.4 Å². The van der Waals surface area contributed by atoms with Crippen LogP contribution < -0.4 is 4.72 Å². The lowest BCUT2D eigenvalue weighted by Crippen LogP contribution is -2.27.